The maximum Gasteiger partial charge on any atom is 0.243 e. The molecular weight excluding hydrogens is 336 g/mol. The van der Waals surface area contributed by atoms with Crippen LogP contribution in [0.1, 0.15) is 11.1 Å². The Labute approximate surface area is 150 Å². The molecule has 0 saturated heterocycles. The number of rotatable bonds is 4. The van der Waals surface area contributed by atoms with E-state index in [4.69, 9.17) is 11.6 Å². The van der Waals surface area contributed by atoms with Gasteiger partial charge in [-0.2, -0.15) is 0 Å². The summed E-state index contributed by atoms with van der Waals surface area (Å²) in [5.41, 5.74) is 4.09. The summed E-state index contributed by atoms with van der Waals surface area (Å²) in [6.07, 6.45) is 6.02. The Morgan fingerprint density at radius 3 is 3.04 bits per heavy atom. The standard InChI is InChI=1S/C19H17ClN4O/c20-15-5-6-16-14(9-15)10-17(23-16)19(25)22-11-13-3-1-2-4-18(13)24-8-7-21-12-24/h1-9,12,17,23H,10-11H2,(H,22,25)/t17-/m1/s1. The Bertz CT molecular complexity index is 908. The van der Waals surface area contributed by atoms with Gasteiger partial charge >= 0.3 is 0 Å². The zero-order valence-electron chi connectivity index (χ0n) is 13.4. The molecule has 3 aromatic rings. The molecule has 2 heterocycles. The third kappa shape index (κ3) is 3.23. The number of hydrogen-bond donors (Lipinski definition) is 2. The van der Waals surface area contributed by atoms with Crippen molar-refractivity contribution in [1.82, 2.24) is 14.9 Å². The average molecular weight is 353 g/mol. The number of hydrogen-bond acceptors (Lipinski definition) is 3. The molecule has 5 nitrogen and oxygen atoms in total. The molecule has 0 radical (unpaired) electrons. The molecule has 0 fully saturated rings. The summed E-state index contributed by atoms with van der Waals surface area (Å²) in [6.45, 7) is 0.461. The zero-order chi connectivity index (χ0) is 17.2. The minimum absolute atomic E-state index is 0.0206. The number of carbonyl (C=O) groups excluding carboxylic acids is 1. The van der Waals surface area contributed by atoms with Crippen LogP contribution in [-0.2, 0) is 17.8 Å². The molecule has 1 aromatic heterocycles. The molecule has 0 bridgehead atoms. The highest BCUT2D eigenvalue weighted by Crippen LogP contribution is 2.28. The van der Waals surface area contributed by atoms with Gasteiger partial charge in [0.1, 0.15) is 6.04 Å². The molecule has 2 aromatic carbocycles. The van der Waals surface area contributed by atoms with Gasteiger partial charge in [0.05, 0.1) is 12.0 Å². The fourth-order valence-corrected chi connectivity index (χ4v) is 3.30. The fourth-order valence-electron chi connectivity index (χ4n) is 3.11. The third-order valence-corrected chi connectivity index (χ3v) is 4.60. The van der Waals surface area contributed by atoms with Gasteiger partial charge in [0.2, 0.25) is 5.91 Å². The molecule has 25 heavy (non-hydrogen) atoms. The van der Waals surface area contributed by atoms with Gasteiger partial charge < -0.3 is 15.2 Å². The van der Waals surface area contributed by atoms with E-state index in [-0.39, 0.29) is 11.9 Å². The molecule has 6 heteroatoms. The first-order chi connectivity index (χ1) is 12.2. The number of nitrogens with one attached hydrogen (secondary N) is 2. The van der Waals surface area contributed by atoms with Crippen molar-refractivity contribution in [1.29, 1.82) is 0 Å². The Morgan fingerprint density at radius 2 is 2.20 bits per heavy atom. The number of imidazole rings is 1. The predicted octanol–water partition coefficient (Wildman–Crippen LogP) is 3.18. The highest BCUT2D eigenvalue weighted by Gasteiger charge is 2.26. The molecule has 1 atom stereocenters. The highest BCUT2D eigenvalue weighted by atomic mass is 35.5. The molecule has 4 rings (SSSR count). The lowest BCUT2D eigenvalue weighted by Gasteiger charge is -2.14. The van der Waals surface area contributed by atoms with E-state index in [0.717, 1.165) is 22.5 Å². The van der Waals surface area contributed by atoms with Crippen molar-refractivity contribution >= 4 is 23.2 Å². The van der Waals surface area contributed by atoms with Crippen molar-refractivity contribution in [2.75, 3.05) is 5.32 Å². The first-order valence-corrected chi connectivity index (χ1v) is 8.47. The van der Waals surface area contributed by atoms with E-state index in [2.05, 4.69) is 15.6 Å². The number of halogens is 1. The van der Waals surface area contributed by atoms with E-state index >= 15 is 0 Å². The second-order valence-electron chi connectivity index (χ2n) is 6.02. The van der Waals surface area contributed by atoms with Gasteiger partial charge in [-0.3, -0.25) is 4.79 Å². The predicted molar refractivity (Wildman–Crippen MR) is 98.0 cm³/mol. The van der Waals surface area contributed by atoms with Crippen molar-refractivity contribution in [3.05, 3.63) is 77.3 Å². The van der Waals surface area contributed by atoms with Crippen molar-refractivity contribution in [3.63, 3.8) is 0 Å². The summed E-state index contributed by atoms with van der Waals surface area (Å²) in [5, 5.41) is 6.97. The summed E-state index contributed by atoms with van der Waals surface area (Å²) >= 11 is 6.02. The minimum atomic E-state index is -0.270. The highest BCUT2D eigenvalue weighted by molar-refractivity contribution is 6.30. The van der Waals surface area contributed by atoms with Crippen LogP contribution < -0.4 is 10.6 Å². The lowest BCUT2D eigenvalue weighted by molar-refractivity contribution is -0.121. The maximum atomic E-state index is 12.5. The average Bonchev–Trinajstić information content (AvgIpc) is 3.29. The van der Waals surface area contributed by atoms with Gasteiger partial charge in [-0.05, 0) is 35.4 Å². The molecule has 126 valence electrons. The SMILES string of the molecule is O=C(NCc1ccccc1-n1ccnc1)[C@H]1Cc2cc(Cl)ccc2N1. The van der Waals surface area contributed by atoms with Crippen LogP contribution in [0.15, 0.2) is 61.2 Å². The Balaban J connectivity index is 1.44. The Morgan fingerprint density at radius 1 is 1.32 bits per heavy atom. The van der Waals surface area contributed by atoms with Gasteiger partial charge in [0.15, 0.2) is 0 Å². The fraction of sp³-hybridized carbons (Fsp3) is 0.158. The van der Waals surface area contributed by atoms with Crippen molar-refractivity contribution in [3.8, 4) is 5.69 Å². The van der Waals surface area contributed by atoms with E-state index in [9.17, 15) is 4.79 Å². The quantitative estimate of drug-likeness (QED) is 0.758. The first-order valence-electron chi connectivity index (χ1n) is 8.09. The number of carbonyl (C=O) groups is 1. The van der Waals surface area contributed by atoms with E-state index in [1.54, 1.807) is 12.5 Å². The Hall–Kier alpha value is -2.79. The van der Waals surface area contributed by atoms with Crippen LogP contribution in [0, 0.1) is 0 Å². The second kappa shape index (κ2) is 6.61. The van der Waals surface area contributed by atoms with E-state index < -0.39 is 0 Å². The van der Waals surface area contributed by atoms with Crippen LogP contribution in [0.4, 0.5) is 5.69 Å². The molecule has 2 N–H and O–H groups in total. The summed E-state index contributed by atoms with van der Waals surface area (Å²) in [4.78, 5) is 16.6. The molecule has 0 spiro atoms. The summed E-state index contributed by atoms with van der Waals surface area (Å²) < 4.78 is 1.94. The van der Waals surface area contributed by atoms with E-state index in [0.29, 0.717) is 18.0 Å². The first kappa shape index (κ1) is 15.7. The van der Waals surface area contributed by atoms with Crippen LogP contribution in [0.25, 0.3) is 5.69 Å². The van der Waals surface area contributed by atoms with Gasteiger partial charge in [0.25, 0.3) is 0 Å². The van der Waals surface area contributed by atoms with Gasteiger partial charge in [0, 0.05) is 36.1 Å². The molecule has 1 amide bonds. The number of nitrogens with zero attached hydrogens (tertiary/aromatic N) is 2. The summed E-state index contributed by atoms with van der Waals surface area (Å²) in [5.74, 6) is -0.0206. The summed E-state index contributed by atoms with van der Waals surface area (Å²) in [7, 11) is 0. The number of amides is 1. The second-order valence-corrected chi connectivity index (χ2v) is 6.46. The smallest absolute Gasteiger partial charge is 0.243 e. The number of benzene rings is 2. The minimum Gasteiger partial charge on any atom is -0.373 e. The van der Waals surface area contributed by atoms with Crippen LogP contribution in [0.3, 0.4) is 0 Å². The third-order valence-electron chi connectivity index (χ3n) is 4.36. The largest absolute Gasteiger partial charge is 0.373 e. The molecule has 1 aliphatic rings. The number of anilines is 1. The van der Waals surface area contributed by atoms with E-state index in [1.165, 1.54) is 0 Å². The van der Waals surface area contributed by atoms with Gasteiger partial charge in [-0.1, -0.05) is 29.8 Å². The number of fused-ring (bicyclic) bond motifs is 1. The molecule has 0 aliphatic carbocycles. The van der Waals surface area contributed by atoms with Crippen LogP contribution >= 0.6 is 11.6 Å². The lowest BCUT2D eigenvalue weighted by atomic mass is 10.1. The van der Waals surface area contributed by atoms with Crippen molar-refractivity contribution in [2.45, 2.75) is 19.0 Å². The van der Waals surface area contributed by atoms with Crippen molar-refractivity contribution < 1.29 is 4.79 Å². The number of aromatic nitrogens is 2. The van der Waals surface area contributed by atoms with Gasteiger partial charge in [-0.25, -0.2) is 4.98 Å². The van der Waals surface area contributed by atoms with Crippen LogP contribution in [-0.4, -0.2) is 21.5 Å². The van der Waals surface area contributed by atoms with Crippen molar-refractivity contribution in [2.24, 2.45) is 0 Å². The maximum absolute atomic E-state index is 12.5. The number of para-hydroxylation sites is 1. The summed E-state index contributed by atoms with van der Waals surface area (Å²) in [6, 6.07) is 13.3. The Kier molecular flexibility index (Phi) is 4.15. The zero-order valence-corrected chi connectivity index (χ0v) is 14.2. The molecule has 0 unspecified atom stereocenters. The monoisotopic (exact) mass is 352 g/mol. The van der Waals surface area contributed by atoms with Crippen LogP contribution in [0.2, 0.25) is 5.02 Å². The van der Waals surface area contributed by atoms with Crippen LogP contribution in [0.5, 0.6) is 0 Å². The molecule has 1 aliphatic heterocycles. The van der Waals surface area contributed by atoms with E-state index in [1.807, 2.05) is 53.2 Å². The van der Waals surface area contributed by atoms with Gasteiger partial charge in [-0.15, -0.1) is 0 Å². The normalized spacial score (nSPS) is 15.5. The lowest BCUT2D eigenvalue weighted by Crippen LogP contribution is -2.38. The topological polar surface area (TPSA) is 59.0 Å². The molecule has 0 saturated carbocycles. The molecular formula is C19H17ClN4O.